The second-order valence-corrected chi connectivity index (χ2v) is 9.90. The number of carbonyl (C=O) groups excluding carboxylic acids is 4. The summed E-state index contributed by atoms with van der Waals surface area (Å²) in [4.78, 5) is 46.9. The lowest BCUT2D eigenvalue weighted by molar-refractivity contribution is -0.161. The molecule has 0 N–H and O–H groups in total. The van der Waals surface area contributed by atoms with Crippen LogP contribution in [0.25, 0.3) is 0 Å². The van der Waals surface area contributed by atoms with Crippen LogP contribution in [0.5, 0.6) is 0 Å². The van der Waals surface area contributed by atoms with E-state index in [9.17, 15) is 19.2 Å². The first-order valence-electron chi connectivity index (χ1n) is 14.1. The molecule has 2 fully saturated rings. The molecule has 10 nitrogen and oxygen atoms in total. The van der Waals surface area contributed by atoms with E-state index < -0.39 is 11.9 Å². The van der Waals surface area contributed by atoms with Crippen LogP contribution in [0, 0.1) is 11.8 Å². The number of hydrogen-bond acceptors (Lipinski definition) is 10. The summed E-state index contributed by atoms with van der Waals surface area (Å²) in [5.74, 6) is -1.51. The first-order chi connectivity index (χ1) is 18.9. The lowest BCUT2D eigenvalue weighted by Crippen LogP contribution is -2.33. The van der Waals surface area contributed by atoms with Crippen molar-refractivity contribution >= 4 is 23.9 Å². The highest BCUT2D eigenvalue weighted by molar-refractivity contribution is 5.81. The van der Waals surface area contributed by atoms with Crippen molar-refractivity contribution in [2.75, 3.05) is 33.2 Å². The second-order valence-electron chi connectivity index (χ2n) is 9.90. The fourth-order valence-corrected chi connectivity index (χ4v) is 4.61. The Hall–Kier alpha value is -2.72. The average Bonchev–Trinajstić information content (AvgIpc) is 2.96. The minimum atomic E-state index is -0.456. The third-order valence-corrected chi connectivity index (χ3v) is 6.97. The molecule has 0 amide bonds. The van der Waals surface area contributed by atoms with Crippen molar-refractivity contribution in [2.45, 2.75) is 89.3 Å². The molecule has 0 heterocycles. The van der Waals surface area contributed by atoms with Crippen LogP contribution in [-0.2, 0) is 47.6 Å². The van der Waals surface area contributed by atoms with Gasteiger partial charge in [-0.15, -0.1) is 0 Å². The Balaban J connectivity index is 1.48. The highest BCUT2D eigenvalue weighted by atomic mass is 16.7. The third-order valence-electron chi connectivity index (χ3n) is 6.97. The Morgan fingerprint density at radius 2 is 1.05 bits per heavy atom. The largest absolute Gasteiger partial charge is 0.465 e. The van der Waals surface area contributed by atoms with Crippen LogP contribution in [-0.4, -0.2) is 69.3 Å². The minimum Gasteiger partial charge on any atom is -0.465 e. The Kier molecular flexibility index (Phi) is 16.1. The molecule has 2 rings (SSSR count). The van der Waals surface area contributed by atoms with E-state index in [1.807, 2.05) is 0 Å². The molecule has 39 heavy (non-hydrogen) atoms. The van der Waals surface area contributed by atoms with Crippen molar-refractivity contribution in [1.82, 2.24) is 0 Å². The molecule has 0 spiro atoms. The first kappa shape index (κ1) is 32.5. The fraction of sp³-hybridized carbons (Fsp3) is 0.724. The number of rotatable bonds is 18. The maximum atomic E-state index is 12.7. The van der Waals surface area contributed by atoms with Crippen molar-refractivity contribution in [3.63, 3.8) is 0 Å². The summed E-state index contributed by atoms with van der Waals surface area (Å²) in [6.07, 6.45) is 10.6. The standard InChI is InChI=1S/C29H44O10/c1-3-26(30)35-18-6-5-17-34-21-38-24-13-9-23(10-14-24)29(33)39-25-15-11-22(12-16-25)28(32)37-20-8-7-19-36-27(31)4-2/h3-4,22-25H,1-2,5-21H2. The van der Waals surface area contributed by atoms with E-state index in [1.165, 1.54) is 0 Å². The van der Waals surface area contributed by atoms with Crippen LogP contribution in [0.2, 0.25) is 0 Å². The SMILES string of the molecule is C=CC(=O)OCCCCOCOC1CCC(C(=O)OC2CCC(C(=O)OCCCCOC(=O)C=C)CC2)CC1. The van der Waals surface area contributed by atoms with Crippen molar-refractivity contribution < 1.29 is 47.6 Å². The Morgan fingerprint density at radius 1 is 0.590 bits per heavy atom. The van der Waals surface area contributed by atoms with Crippen LogP contribution in [0.3, 0.4) is 0 Å². The van der Waals surface area contributed by atoms with Gasteiger partial charge >= 0.3 is 23.9 Å². The van der Waals surface area contributed by atoms with Gasteiger partial charge in [0.25, 0.3) is 0 Å². The van der Waals surface area contributed by atoms with Gasteiger partial charge < -0.3 is 28.4 Å². The van der Waals surface area contributed by atoms with Gasteiger partial charge in [-0.1, -0.05) is 13.2 Å². The molecule has 0 radical (unpaired) electrons. The molecule has 0 aliphatic heterocycles. The van der Waals surface area contributed by atoms with Gasteiger partial charge in [-0.05, 0) is 77.0 Å². The first-order valence-corrected chi connectivity index (χ1v) is 14.1. The number of esters is 4. The molecule has 2 saturated carbocycles. The van der Waals surface area contributed by atoms with Gasteiger partial charge in [0.05, 0.1) is 37.8 Å². The molecule has 0 aromatic heterocycles. The van der Waals surface area contributed by atoms with Gasteiger partial charge in [0.1, 0.15) is 12.9 Å². The number of carbonyl (C=O) groups is 4. The quantitative estimate of drug-likeness (QED) is 0.0803. The summed E-state index contributed by atoms with van der Waals surface area (Å²) < 4.78 is 32.2. The molecule has 0 aromatic carbocycles. The van der Waals surface area contributed by atoms with E-state index in [0.717, 1.165) is 50.7 Å². The molecule has 2 aliphatic rings. The highest BCUT2D eigenvalue weighted by Gasteiger charge is 2.33. The smallest absolute Gasteiger partial charge is 0.330 e. The molecule has 0 bridgehead atoms. The zero-order valence-corrected chi connectivity index (χ0v) is 23.0. The van der Waals surface area contributed by atoms with Crippen LogP contribution in [0.4, 0.5) is 0 Å². The van der Waals surface area contributed by atoms with E-state index >= 15 is 0 Å². The summed E-state index contributed by atoms with van der Waals surface area (Å²) >= 11 is 0. The number of hydrogen-bond donors (Lipinski definition) is 0. The van der Waals surface area contributed by atoms with E-state index in [1.54, 1.807) is 0 Å². The summed E-state index contributed by atoms with van der Waals surface area (Å²) in [5.41, 5.74) is 0. The van der Waals surface area contributed by atoms with Crippen LogP contribution < -0.4 is 0 Å². The molecule has 2 aliphatic carbocycles. The Bertz CT molecular complexity index is 779. The van der Waals surface area contributed by atoms with E-state index in [4.69, 9.17) is 28.4 Å². The van der Waals surface area contributed by atoms with Gasteiger partial charge in [0.2, 0.25) is 0 Å². The molecule has 0 atom stereocenters. The van der Waals surface area contributed by atoms with Crippen molar-refractivity contribution in [1.29, 1.82) is 0 Å². The summed E-state index contributed by atoms with van der Waals surface area (Å²) in [7, 11) is 0. The Morgan fingerprint density at radius 3 is 1.59 bits per heavy atom. The lowest BCUT2D eigenvalue weighted by atomic mass is 9.86. The second kappa shape index (κ2) is 19.4. The topological polar surface area (TPSA) is 124 Å². The fourth-order valence-electron chi connectivity index (χ4n) is 4.61. The molecule has 10 heteroatoms. The van der Waals surface area contributed by atoms with Gasteiger partial charge in [0, 0.05) is 18.8 Å². The van der Waals surface area contributed by atoms with Crippen LogP contribution in [0.1, 0.15) is 77.0 Å². The van der Waals surface area contributed by atoms with Crippen LogP contribution >= 0.6 is 0 Å². The van der Waals surface area contributed by atoms with Gasteiger partial charge in [-0.2, -0.15) is 0 Å². The molecular weight excluding hydrogens is 508 g/mol. The number of ether oxygens (including phenoxy) is 6. The van der Waals surface area contributed by atoms with Crippen molar-refractivity contribution in [3.05, 3.63) is 25.3 Å². The third kappa shape index (κ3) is 13.8. The normalized spacial score (nSPS) is 22.8. The van der Waals surface area contributed by atoms with Crippen molar-refractivity contribution in [2.24, 2.45) is 11.8 Å². The van der Waals surface area contributed by atoms with E-state index in [2.05, 4.69) is 13.2 Å². The molecule has 0 saturated heterocycles. The van der Waals surface area contributed by atoms with E-state index in [0.29, 0.717) is 58.3 Å². The maximum Gasteiger partial charge on any atom is 0.330 e. The predicted molar refractivity (Wildman–Crippen MR) is 141 cm³/mol. The summed E-state index contributed by atoms with van der Waals surface area (Å²) in [6, 6.07) is 0. The van der Waals surface area contributed by atoms with Gasteiger partial charge in [-0.3, -0.25) is 9.59 Å². The van der Waals surface area contributed by atoms with Gasteiger partial charge in [0.15, 0.2) is 0 Å². The molecular formula is C29H44O10. The summed E-state index contributed by atoms with van der Waals surface area (Å²) in [5, 5.41) is 0. The Labute approximate surface area is 231 Å². The summed E-state index contributed by atoms with van der Waals surface area (Å²) in [6.45, 7) is 8.35. The lowest BCUT2D eigenvalue weighted by Gasteiger charge is -2.31. The predicted octanol–water partition coefficient (Wildman–Crippen LogP) is 4.20. The average molecular weight is 553 g/mol. The molecule has 0 unspecified atom stereocenters. The van der Waals surface area contributed by atoms with Crippen LogP contribution in [0.15, 0.2) is 25.3 Å². The minimum absolute atomic E-state index is 0.0752. The monoisotopic (exact) mass is 552 g/mol. The zero-order valence-electron chi connectivity index (χ0n) is 23.0. The number of unbranched alkanes of at least 4 members (excludes halogenated alkanes) is 2. The zero-order chi connectivity index (χ0) is 28.3. The van der Waals surface area contributed by atoms with E-state index in [-0.39, 0.29) is 49.4 Å². The maximum absolute atomic E-state index is 12.7. The van der Waals surface area contributed by atoms with Crippen molar-refractivity contribution in [3.8, 4) is 0 Å². The highest BCUT2D eigenvalue weighted by Crippen LogP contribution is 2.31. The van der Waals surface area contributed by atoms with Gasteiger partial charge in [-0.25, -0.2) is 9.59 Å². The molecule has 220 valence electrons. The molecule has 0 aromatic rings.